The lowest BCUT2D eigenvalue weighted by atomic mass is 10.2. The first kappa shape index (κ1) is 8.03. The van der Waals surface area contributed by atoms with Gasteiger partial charge in [0.15, 0.2) is 5.76 Å². The van der Waals surface area contributed by atoms with Crippen LogP contribution < -0.4 is 0 Å². The van der Waals surface area contributed by atoms with Crippen LogP contribution in [0.1, 0.15) is 22.7 Å². The van der Waals surface area contributed by atoms with Gasteiger partial charge < -0.3 is 4.42 Å². The third-order valence-electron chi connectivity index (χ3n) is 1.23. The summed E-state index contributed by atoms with van der Waals surface area (Å²) in [7, 11) is 0. The van der Waals surface area contributed by atoms with E-state index in [2.05, 4.69) is 0 Å². The van der Waals surface area contributed by atoms with Gasteiger partial charge in [0, 0.05) is 0 Å². The van der Waals surface area contributed by atoms with Crippen molar-refractivity contribution in [2.45, 2.75) is 6.42 Å². The van der Waals surface area contributed by atoms with Crippen molar-refractivity contribution in [1.29, 1.82) is 10.5 Å². The normalized spacial score (nSPS) is 8.50. The maximum Gasteiger partial charge on any atom is 0.212 e. The molecule has 1 heterocycles. The van der Waals surface area contributed by atoms with Crippen molar-refractivity contribution >= 4 is 5.78 Å². The molecule has 0 radical (unpaired) electrons. The van der Waals surface area contributed by atoms with Crippen LogP contribution >= 0.6 is 0 Å². The maximum atomic E-state index is 10.9. The number of carbonyl (C=O) groups is 1. The van der Waals surface area contributed by atoms with Gasteiger partial charge in [-0.05, 0) is 12.1 Å². The van der Waals surface area contributed by atoms with E-state index in [-0.39, 0.29) is 17.9 Å². The first-order chi connectivity index (χ1) is 5.77. The molecule has 12 heavy (non-hydrogen) atoms. The Balaban J connectivity index is 2.85. The summed E-state index contributed by atoms with van der Waals surface area (Å²) in [5.41, 5.74) is 0. The summed E-state index contributed by atoms with van der Waals surface area (Å²) in [5, 5.41) is 16.5. The minimum atomic E-state index is -0.404. The molecule has 0 aromatic carbocycles. The molecule has 4 heteroatoms. The van der Waals surface area contributed by atoms with E-state index in [1.54, 1.807) is 12.1 Å². The standard InChI is InChI=1S/C8H4N2O2/c9-4-3-7(11)8-2-1-6(5-10)12-8/h1-2H,3H2. The fraction of sp³-hybridized carbons (Fsp3) is 0.125. The summed E-state index contributed by atoms with van der Waals surface area (Å²) in [6, 6.07) is 6.22. The first-order valence-corrected chi connectivity index (χ1v) is 3.18. The van der Waals surface area contributed by atoms with Crippen LogP contribution in [0.4, 0.5) is 0 Å². The van der Waals surface area contributed by atoms with Crippen LogP contribution in [-0.2, 0) is 0 Å². The van der Waals surface area contributed by atoms with E-state index in [0.717, 1.165) is 0 Å². The molecule has 4 nitrogen and oxygen atoms in total. The predicted molar refractivity (Wildman–Crippen MR) is 38.0 cm³/mol. The molecule has 0 spiro atoms. The lowest BCUT2D eigenvalue weighted by molar-refractivity contribution is 0.0971. The number of ketones is 1. The molecule has 58 valence electrons. The number of nitriles is 2. The topological polar surface area (TPSA) is 77.8 Å². The molecule has 0 amide bonds. The van der Waals surface area contributed by atoms with E-state index in [0.29, 0.717) is 0 Å². The van der Waals surface area contributed by atoms with E-state index in [9.17, 15) is 4.79 Å². The lowest BCUT2D eigenvalue weighted by Gasteiger charge is -1.85. The summed E-state index contributed by atoms with van der Waals surface area (Å²) in [4.78, 5) is 10.9. The molecule has 0 fully saturated rings. The third kappa shape index (κ3) is 1.50. The predicted octanol–water partition coefficient (Wildman–Crippen LogP) is 1.25. The zero-order chi connectivity index (χ0) is 8.97. The van der Waals surface area contributed by atoms with Crippen LogP contribution in [0.3, 0.4) is 0 Å². The molecule has 0 aliphatic rings. The second kappa shape index (κ2) is 3.36. The average molecular weight is 160 g/mol. The average Bonchev–Trinajstić information content (AvgIpc) is 2.52. The van der Waals surface area contributed by atoms with Crippen LogP contribution in [0.25, 0.3) is 0 Å². The highest BCUT2D eigenvalue weighted by molar-refractivity contribution is 5.94. The fourth-order valence-corrected chi connectivity index (χ4v) is 0.707. The SMILES string of the molecule is N#CCC(=O)c1ccc(C#N)o1. The van der Waals surface area contributed by atoms with E-state index in [1.807, 2.05) is 0 Å². The minimum Gasteiger partial charge on any atom is -0.442 e. The lowest BCUT2D eigenvalue weighted by Crippen LogP contribution is -1.93. The van der Waals surface area contributed by atoms with E-state index in [4.69, 9.17) is 14.9 Å². The highest BCUT2D eigenvalue weighted by Gasteiger charge is 2.09. The Bertz CT molecular complexity index is 378. The zero-order valence-corrected chi connectivity index (χ0v) is 6.07. The molecule has 1 rings (SSSR count). The van der Waals surface area contributed by atoms with Gasteiger partial charge in [-0.3, -0.25) is 4.79 Å². The van der Waals surface area contributed by atoms with Crippen LogP contribution in [0.15, 0.2) is 16.5 Å². The van der Waals surface area contributed by atoms with Crippen LogP contribution in [0.5, 0.6) is 0 Å². The van der Waals surface area contributed by atoms with Crippen molar-refractivity contribution in [1.82, 2.24) is 0 Å². The Kier molecular flexibility index (Phi) is 2.25. The third-order valence-corrected chi connectivity index (χ3v) is 1.23. The summed E-state index contributed by atoms with van der Waals surface area (Å²) < 4.78 is 4.79. The second-order valence-electron chi connectivity index (χ2n) is 2.03. The summed E-state index contributed by atoms with van der Waals surface area (Å²) in [6.45, 7) is 0. The van der Waals surface area contributed by atoms with Crippen molar-refractivity contribution in [3.8, 4) is 12.1 Å². The Hall–Kier alpha value is -2.07. The Morgan fingerprint density at radius 1 is 1.50 bits per heavy atom. The molecule has 1 aromatic heterocycles. The van der Waals surface area contributed by atoms with Crippen molar-refractivity contribution < 1.29 is 9.21 Å². The van der Waals surface area contributed by atoms with Gasteiger partial charge >= 0.3 is 0 Å². The first-order valence-electron chi connectivity index (χ1n) is 3.18. The van der Waals surface area contributed by atoms with Gasteiger partial charge in [-0.15, -0.1) is 0 Å². The van der Waals surface area contributed by atoms with Gasteiger partial charge in [-0.1, -0.05) is 0 Å². The van der Waals surface area contributed by atoms with Gasteiger partial charge in [-0.2, -0.15) is 10.5 Å². The molecular weight excluding hydrogens is 156 g/mol. The second-order valence-corrected chi connectivity index (χ2v) is 2.03. The molecule has 0 bridgehead atoms. The summed E-state index contributed by atoms with van der Waals surface area (Å²) in [6.07, 6.45) is -0.224. The molecule has 1 aromatic rings. The van der Waals surface area contributed by atoms with Gasteiger partial charge in [0.2, 0.25) is 11.5 Å². The van der Waals surface area contributed by atoms with Crippen LogP contribution in [-0.4, -0.2) is 5.78 Å². The molecule has 0 saturated carbocycles. The molecule has 0 N–H and O–H groups in total. The van der Waals surface area contributed by atoms with Crippen molar-refractivity contribution in [2.24, 2.45) is 0 Å². The monoisotopic (exact) mass is 160 g/mol. The van der Waals surface area contributed by atoms with E-state index < -0.39 is 5.78 Å². The number of hydrogen-bond acceptors (Lipinski definition) is 4. The summed E-state index contributed by atoms with van der Waals surface area (Å²) in [5.74, 6) is -0.261. The number of rotatable bonds is 2. The Morgan fingerprint density at radius 3 is 2.75 bits per heavy atom. The Labute approximate surface area is 68.6 Å². The smallest absolute Gasteiger partial charge is 0.212 e. The van der Waals surface area contributed by atoms with Crippen molar-refractivity contribution in [3.05, 3.63) is 23.7 Å². The number of Topliss-reactive ketones (excluding diaryl/α,β-unsaturated/α-hetero) is 1. The fourth-order valence-electron chi connectivity index (χ4n) is 0.707. The number of nitrogens with zero attached hydrogens (tertiary/aromatic N) is 2. The van der Waals surface area contributed by atoms with E-state index >= 15 is 0 Å². The van der Waals surface area contributed by atoms with Gasteiger partial charge in [-0.25, -0.2) is 0 Å². The molecular formula is C8H4N2O2. The van der Waals surface area contributed by atoms with Crippen molar-refractivity contribution in [2.75, 3.05) is 0 Å². The van der Waals surface area contributed by atoms with Crippen LogP contribution in [0, 0.1) is 22.7 Å². The zero-order valence-electron chi connectivity index (χ0n) is 6.07. The molecule has 0 aliphatic heterocycles. The van der Waals surface area contributed by atoms with E-state index in [1.165, 1.54) is 12.1 Å². The molecule has 0 aliphatic carbocycles. The van der Waals surface area contributed by atoms with Gasteiger partial charge in [0.25, 0.3) is 0 Å². The van der Waals surface area contributed by atoms with Gasteiger partial charge in [0.1, 0.15) is 12.5 Å². The number of carbonyl (C=O) groups excluding carboxylic acids is 1. The largest absolute Gasteiger partial charge is 0.442 e. The van der Waals surface area contributed by atoms with Crippen molar-refractivity contribution in [3.63, 3.8) is 0 Å². The summed E-state index contributed by atoms with van der Waals surface area (Å²) >= 11 is 0. The quantitative estimate of drug-likeness (QED) is 0.610. The van der Waals surface area contributed by atoms with Gasteiger partial charge in [0.05, 0.1) is 6.07 Å². The molecule has 0 saturated heterocycles. The molecule has 0 atom stereocenters. The minimum absolute atomic E-state index is 0.0631. The number of hydrogen-bond donors (Lipinski definition) is 0. The molecule has 0 unspecified atom stereocenters. The highest BCUT2D eigenvalue weighted by Crippen LogP contribution is 2.08. The maximum absolute atomic E-state index is 10.9. The highest BCUT2D eigenvalue weighted by atomic mass is 16.3. The van der Waals surface area contributed by atoms with Crippen LogP contribution in [0.2, 0.25) is 0 Å². The number of furan rings is 1. The Morgan fingerprint density at radius 2 is 2.25 bits per heavy atom.